The fourth-order valence-corrected chi connectivity index (χ4v) is 5.68. The molecule has 2 aromatic heterocycles. The molecule has 2 nitrogen and oxygen atoms in total. The molecular formula is C29H39NO. The predicted octanol–water partition coefficient (Wildman–Crippen LogP) is 8.24. The molecule has 3 aromatic rings. The van der Waals surface area contributed by atoms with Gasteiger partial charge >= 0.3 is 0 Å². The molecule has 1 aromatic carbocycles. The van der Waals surface area contributed by atoms with Crippen LogP contribution in [0.3, 0.4) is 0 Å². The van der Waals surface area contributed by atoms with Crippen molar-refractivity contribution in [2.45, 2.75) is 91.1 Å². The van der Waals surface area contributed by atoms with E-state index in [2.05, 4.69) is 73.8 Å². The van der Waals surface area contributed by atoms with Crippen molar-refractivity contribution < 1.29 is 4.74 Å². The van der Waals surface area contributed by atoms with Crippen molar-refractivity contribution >= 4 is 5.52 Å². The molecule has 2 heteroatoms. The third-order valence-corrected chi connectivity index (χ3v) is 7.37. The van der Waals surface area contributed by atoms with Crippen LogP contribution in [0.1, 0.15) is 93.5 Å². The molecule has 166 valence electrons. The van der Waals surface area contributed by atoms with Crippen molar-refractivity contribution in [1.29, 1.82) is 0 Å². The number of hydrogen-bond acceptors (Lipinski definition) is 1. The van der Waals surface area contributed by atoms with Crippen LogP contribution in [0.2, 0.25) is 0 Å². The van der Waals surface area contributed by atoms with Crippen molar-refractivity contribution in [2.75, 3.05) is 0 Å². The second kappa shape index (κ2) is 10.4. The summed E-state index contributed by atoms with van der Waals surface area (Å²) in [5.74, 6) is 2.64. The summed E-state index contributed by atoms with van der Waals surface area (Å²) in [6.45, 7) is 7.53. The van der Waals surface area contributed by atoms with Crippen LogP contribution in [0.25, 0.3) is 5.52 Å². The van der Waals surface area contributed by atoms with Gasteiger partial charge in [0.2, 0.25) is 0 Å². The highest BCUT2D eigenvalue weighted by atomic mass is 16.5. The van der Waals surface area contributed by atoms with Crippen LogP contribution >= 0.6 is 0 Å². The molecule has 0 N–H and O–H groups in total. The number of aryl methyl sites for hydroxylation is 1. The van der Waals surface area contributed by atoms with E-state index < -0.39 is 0 Å². The number of fused-ring (bicyclic) bond motifs is 1. The fraction of sp³-hybridized carbons (Fsp3) is 0.517. The summed E-state index contributed by atoms with van der Waals surface area (Å²) < 4.78 is 8.81. The number of hydrogen-bond donors (Lipinski definition) is 0. The predicted molar refractivity (Wildman–Crippen MR) is 131 cm³/mol. The molecule has 0 bridgehead atoms. The molecule has 1 aliphatic carbocycles. The van der Waals surface area contributed by atoms with E-state index in [1.54, 1.807) is 11.3 Å². The highest BCUT2D eigenvalue weighted by molar-refractivity contribution is 5.70. The minimum Gasteiger partial charge on any atom is -0.487 e. The Morgan fingerprint density at radius 1 is 0.935 bits per heavy atom. The second-order valence-corrected chi connectivity index (χ2v) is 9.42. The van der Waals surface area contributed by atoms with Crippen molar-refractivity contribution in [3.05, 3.63) is 71.0 Å². The Bertz CT molecular complexity index is 963. The lowest BCUT2D eigenvalue weighted by Gasteiger charge is -2.29. The maximum atomic E-state index is 6.34. The van der Waals surface area contributed by atoms with E-state index >= 15 is 0 Å². The molecule has 1 fully saturated rings. The maximum Gasteiger partial charge on any atom is 0.144 e. The lowest BCUT2D eigenvalue weighted by molar-refractivity contribution is 0.298. The second-order valence-electron chi connectivity index (χ2n) is 9.42. The number of ether oxygens (including phenoxy) is 1. The molecule has 0 aliphatic heterocycles. The van der Waals surface area contributed by atoms with Gasteiger partial charge in [-0.2, -0.15) is 0 Å². The molecule has 1 aliphatic rings. The Kier molecular flexibility index (Phi) is 7.37. The molecule has 31 heavy (non-hydrogen) atoms. The molecule has 4 rings (SSSR count). The van der Waals surface area contributed by atoms with E-state index in [0.717, 1.165) is 18.1 Å². The van der Waals surface area contributed by atoms with Gasteiger partial charge in [0.15, 0.2) is 0 Å². The van der Waals surface area contributed by atoms with E-state index in [1.165, 1.54) is 68.0 Å². The van der Waals surface area contributed by atoms with Crippen LogP contribution in [-0.2, 0) is 13.0 Å². The summed E-state index contributed by atoms with van der Waals surface area (Å²) in [4.78, 5) is 0. The van der Waals surface area contributed by atoms with Crippen LogP contribution in [-0.4, -0.2) is 4.40 Å². The van der Waals surface area contributed by atoms with Crippen molar-refractivity contribution in [1.82, 2.24) is 4.40 Å². The highest BCUT2D eigenvalue weighted by Gasteiger charge is 2.28. The number of aromatic nitrogens is 1. The van der Waals surface area contributed by atoms with Crippen LogP contribution in [0.15, 0.2) is 48.7 Å². The minimum atomic E-state index is 0.616. The number of rotatable bonds is 9. The van der Waals surface area contributed by atoms with Gasteiger partial charge in [-0.05, 0) is 79.7 Å². The van der Waals surface area contributed by atoms with Crippen molar-refractivity contribution in [2.24, 2.45) is 5.92 Å². The Morgan fingerprint density at radius 3 is 2.42 bits per heavy atom. The van der Waals surface area contributed by atoms with Gasteiger partial charge in [0.05, 0.1) is 5.52 Å². The molecule has 1 saturated carbocycles. The third kappa shape index (κ3) is 4.84. The van der Waals surface area contributed by atoms with Crippen LogP contribution in [0, 0.1) is 12.8 Å². The summed E-state index contributed by atoms with van der Waals surface area (Å²) in [7, 11) is 0. The number of unbranched alkanes of at least 4 members (excludes halogenated alkanes) is 2. The monoisotopic (exact) mass is 417 g/mol. The molecule has 2 heterocycles. The maximum absolute atomic E-state index is 6.34. The van der Waals surface area contributed by atoms with E-state index in [-0.39, 0.29) is 0 Å². The fourth-order valence-electron chi connectivity index (χ4n) is 5.68. The van der Waals surface area contributed by atoms with Crippen molar-refractivity contribution in [3.63, 3.8) is 0 Å². The standard InChI is InChI=1S/C29H39NO/c1-4-6-8-12-23-16-18-25(19-17-23)29-26(5-2)22(3)28-27(15-11-20-30(28)29)31-21-24-13-9-7-10-14-24/h7,9-11,13-15,20,23,25H,4-6,8,12,16-19,21H2,1-3H3. The highest BCUT2D eigenvalue weighted by Crippen LogP contribution is 2.42. The minimum absolute atomic E-state index is 0.616. The summed E-state index contributed by atoms with van der Waals surface area (Å²) >= 11 is 0. The average Bonchev–Trinajstić information content (AvgIpc) is 3.11. The third-order valence-electron chi connectivity index (χ3n) is 7.37. The lowest BCUT2D eigenvalue weighted by Crippen LogP contribution is -2.16. The molecule has 0 spiro atoms. The molecular weight excluding hydrogens is 378 g/mol. The van der Waals surface area contributed by atoms with Crippen LogP contribution < -0.4 is 4.74 Å². The Hall–Kier alpha value is -2.22. The van der Waals surface area contributed by atoms with E-state index in [1.807, 2.05) is 0 Å². The van der Waals surface area contributed by atoms with Crippen LogP contribution in [0.4, 0.5) is 0 Å². The van der Waals surface area contributed by atoms with Gasteiger partial charge in [0, 0.05) is 11.9 Å². The zero-order valence-corrected chi connectivity index (χ0v) is 19.7. The van der Waals surface area contributed by atoms with Gasteiger partial charge < -0.3 is 9.14 Å². The number of pyridine rings is 1. The van der Waals surface area contributed by atoms with Gasteiger partial charge in [0.25, 0.3) is 0 Å². The average molecular weight is 418 g/mol. The molecule has 0 atom stereocenters. The topological polar surface area (TPSA) is 13.6 Å². The quantitative estimate of drug-likeness (QED) is 0.320. The summed E-state index contributed by atoms with van der Waals surface area (Å²) in [6.07, 6.45) is 14.4. The number of nitrogens with zero attached hydrogens (tertiary/aromatic N) is 1. The van der Waals surface area contributed by atoms with E-state index in [4.69, 9.17) is 4.74 Å². The summed E-state index contributed by atoms with van der Waals surface area (Å²) in [6, 6.07) is 14.8. The normalized spacial score (nSPS) is 19.1. The largest absolute Gasteiger partial charge is 0.487 e. The van der Waals surface area contributed by atoms with Crippen molar-refractivity contribution in [3.8, 4) is 5.75 Å². The lowest BCUT2D eigenvalue weighted by atomic mass is 9.77. The molecule has 0 amide bonds. The zero-order valence-electron chi connectivity index (χ0n) is 19.7. The Morgan fingerprint density at radius 2 is 1.71 bits per heavy atom. The van der Waals surface area contributed by atoms with Gasteiger partial charge in [-0.25, -0.2) is 0 Å². The summed E-state index contributed by atoms with van der Waals surface area (Å²) in [5.41, 5.74) is 7.00. The smallest absolute Gasteiger partial charge is 0.144 e. The van der Waals surface area contributed by atoms with Crippen LogP contribution in [0.5, 0.6) is 5.75 Å². The first-order valence-electron chi connectivity index (χ1n) is 12.5. The van der Waals surface area contributed by atoms with E-state index in [0.29, 0.717) is 12.5 Å². The SMILES string of the molecule is CCCCCC1CCC(c2c(CC)c(C)c3c(OCc4ccccc4)cccn23)CC1. The van der Waals surface area contributed by atoms with Gasteiger partial charge in [-0.3, -0.25) is 0 Å². The van der Waals surface area contributed by atoms with Gasteiger partial charge in [-0.15, -0.1) is 0 Å². The van der Waals surface area contributed by atoms with E-state index in [9.17, 15) is 0 Å². The first-order valence-corrected chi connectivity index (χ1v) is 12.5. The molecule has 0 radical (unpaired) electrons. The Balaban J connectivity index is 1.57. The van der Waals surface area contributed by atoms with Gasteiger partial charge in [-0.1, -0.05) is 69.9 Å². The molecule has 0 unspecified atom stereocenters. The molecule has 0 saturated heterocycles. The first-order chi connectivity index (χ1) is 15.2. The number of benzene rings is 1. The van der Waals surface area contributed by atoms with Gasteiger partial charge in [0.1, 0.15) is 12.4 Å². The zero-order chi connectivity index (χ0) is 21.6. The summed E-state index contributed by atoms with van der Waals surface area (Å²) in [5, 5.41) is 0. The first kappa shape index (κ1) is 22.0. The Labute approximate surface area is 188 Å².